The summed E-state index contributed by atoms with van der Waals surface area (Å²) in [4.78, 5) is 36.0. The van der Waals surface area contributed by atoms with Crippen LogP contribution >= 0.6 is 25.3 Å². The highest BCUT2D eigenvalue weighted by atomic mass is 32.1. The first-order valence-electron chi connectivity index (χ1n) is 20.4. The van der Waals surface area contributed by atoms with E-state index in [0.29, 0.717) is 0 Å². The highest BCUT2D eigenvalue weighted by Gasteiger charge is 2.18. The van der Waals surface area contributed by atoms with Crippen molar-refractivity contribution in [3.05, 3.63) is 144 Å². The number of carbonyl (C=O) groups is 2. The topological polar surface area (TPSA) is 47.1 Å². The number of hydrogen-bond acceptors (Lipinski definition) is 6. The number of thiol groups is 2. The van der Waals surface area contributed by atoms with Crippen molar-refractivity contribution in [1.29, 1.82) is 0 Å². The van der Waals surface area contributed by atoms with E-state index in [1.807, 2.05) is 60.7 Å². The Bertz CT molecular complexity index is 1490. The molecule has 0 spiro atoms. The predicted octanol–water partition coefficient (Wildman–Crippen LogP) is 10.3. The quantitative estimate of drug-likeness (QED) is 0.0379. The van der Waals surface area contributed by atoms with Crippen LogP contribution in [0.15, 0.2) is 121 Å². The van der Waals surface area contributed by atoms with Gasteiger partial charge in [-0.1, -0.05) is 116 Å². The predicted molar refractivity (Wildman–Crippen MR) is 237 cm³/mol. The summed E-state index contributed by atoms with van der Waals surface area (Å²) in [6.45, 7) is 10.9. The number of unbranched alkanes of at least 4 members (excludes halogenated alkanes) is 6. The molecule has 0 heterocycles. The molecule has 0 saturated carbocycles. The molecule has 0 fully saturated rings. The van der Waals surface area contributed by atoms with E-state index in [9.17, 15) is 9.59 Å². The Morgan fingerprint density at radius 1 is 0.418 bits per heavy atom. The minimum absolute atomic E-state index is 0.117. The number of carbonyl (C=O) groups excluding carboxylic acids is 2. The zero-order valence-corrected chi connectivity index (χ0v) is 35.0. The molecule has 55 heavy (non-hydrogen) atoms. The summed E-state index contributed by atoms with van der Waals surface area (Å²) in [5.41, 5.74) is 4.09. The molecular formula is C47H64N4O2S2. The lowest BCUT2D eigenvalue weighted by Gasteiger charge is -2.27. The van der Waals surface area contributed by atoms with Gasteiger partial charge in [0.05, 0.1) is 10.7 Å². The van der Waals surface area contributed by atoms with Crippen molar-refractivity contribution in [2.45, 2.75) is 95.5 Å². The van der Waals surface area contributed by atoms with Gasteiger partial charge in [0.1, 0.15) is 0 Å². The van der Waals surface area contributed by atoms with Gasteiger partial charge in [0.15, 0.2) is 0 Å². The highest BCUT2D eigenvalue weighted by Crippen LogP contribution is 2.16. The first-order chi connectivity index (χ1) is 26.8. The van der Waals surface area contributed by atoms with E-state index in [0.717, 1.165) is 121 Å². The molecule has 0 radical (unpaired) electrons. The van der Waals surface area contributed by atoms with Crippen molar-refractivity contribution in [1.82, 2.24) is 19.6 Å². The molecule has 0 saturated heterocycles. The van der Waals surface area contributed by atoms with Crippen LogP contribution in [0.1, 0.15) is 103 Å². The lowest BCUT2D eigenvalue weighted by atomic mass is 10.1. The number of amides is 2. The summed E-state index contributed by atoms with van der Waals surface area (Å²) in [5.74, 6) is 0.234. The van der Waals surface area contributed by atoms with E-state index < -0.39 is 0 Å². The van der Waals surface area contributed by atoms with Gasteiger partial charge in [-0.3, -0.25) is 19.4 Å². The smallest absolute Gasteiger partial charge is 0.253 e. The van der Waals surface area contributed by atoms with Gasteiger partial charge in [-0.15, -0.1) is 0 Å². The van der Waals surface area contributed by atoms with Crippen LogP contribution in [-0.2, 0) is 13.1 Å². The van der Waals surface area contributed by atoms with E-state index in [4.69, 9.17) is 25.3 Å². The second-order valence-corrected chi connectivity index (χ2v) is 16.2. The van der Waals surface area contributed by atoms with Crippen LogP contribution in [0, 0.1) is 0 Å². The molecule has 0 aliphatic carbocycles. The molecule has 2 amide bonds. The third-order valence-electron chi connectivity index (χ3n) is 10.2. The number of nitrogens with zero attached hydrogens (tertiary/aromatic N) is 4. The molecule has 4 aromatic carbocycles. The van der Waals surface area contributed by atoms with E-state index in [1.165, 1.54) is 11.1 Å². The summed E-state index contributed by atoms with van der Waals surface area (Å²) in [6.07, 6.45) is 9.08. The summed E-state index contributed by atoms with van der Waals surface area (Å²) in [7, 11) is 0. The minimum Gasteiger partial charge on any atom is -0.339 e. The second kappa shape index (κ2) is 25.6. The lowest BCUT2D eigenvalue weighted by Crippen LogP contribution is -2.34. The maximum absolute atomic E-state index is 13.6. The standard InChI is InChI=1S/C47H64N4O2S2/c1-40(54)50(38-42-24-10-6-11-25-42)36-22-20-34-48(46(52)44-28-14-8-15-29-44)32-18-4-3-5-19-33-49(47(53)45-30-16-9-17-31-45)35-21-23-37-51(41(2)55)39-43-26-12-7-13-27-43/h6-17,24-31,40-41,54-55H,3-5,18-23,32-39H2,1-2H3. The molecule has 0 aromatic heterocycles. The fraction of sp³-hybridized carbons (Fsp3) is 0.447. The summed E-state index contributed by atoms with van der Waals surface area (Å²) in [6, 6.07) is 40.5. The first-order valence-corrected chi connectivity index (χ1v) is 21.5. The highest BCUT2D eigenvalue weighted by molar-refractivity contribution is 7.81. The Balaban J connectivity index is 1.21. The van der Waals surface area contributed by atoms with Crippen molar-refractivity contribution in [2.24, 2.45) is 0 Å². The molecule has 2 unspecified atom stereocenters. The molecular weight excluding hydrogens is 717 g/mol. The average molecular weight is 781 g/mol. The molecule has 8 heteroatoms. The van der Waals surface area contributed by atoms with E-state index in [2.05, 4.69) is 94.1 Å². The van der Waals surface area contributed by atoms with Gasteiger partial charge in [0.25, 0.3) is 11.8 Å². The summed E-state index contributed by atoms with van der Waals surface area (Å²) < 4.78 is 0. The maximum atomic E-state index is 13.6. The van der Waals surface area contributed by atoms with Crippen molar-refractivity contribution in [3.63, 3.8) is 0 Å². The van der Waals surface area contributed by atoms with Crippen molar-refractivity contribution in [3.8, 4) is 0 Å². The molecule has 296 valence electrons. The zero-order chi connectivity index (χ0) is 39.1. The Kier molecular flexibility index (Phi) is 20.5. The Hall–Kier alpha value is -3.56. The Labute approximate surface area is 343 Å². The van der Waals surface area contributed by atoms with Crippen LogP contribution in [0.2, 0.25) is 0 Å². The Morgan fingerprint density at radius 2 is 0.691 bits per heavy atom. The molecule has 0 aliphatic rings. The van der Waals surface area contributed by atoms with Crippen LogP contribution < -0.4 is 0 Å². The molecule has 4 aromatic rings. The molecule has 4 rings (SSSR count). The number of hydrogen-bond donors (Lipinski definition) is 2. The first kappa shape index (κ1) is 44.2. The van der Waals surface area contributed by atoms with Gasteiger partial charge in [0.2, 0.25) is 0 Å². The van der Waals surface area contributed by atoms with Gasteiger partial charge in [-0.25, -0.2) is 0 Å². The zero-order valence-electron chi connectivity index (χ0n) is 33.2. The van der Waals surface area contributed by atoms with Crippen LogP contribution in [0.3, 0.4) is 0 Å². The van der Waals surface area contributed by atoms with E-state index >= 15 is 0 Å². The van der Waals surface area contributed by atoms with Crippen LogP contribution in [0.5, 0.6) is 0 Å². The van der Waals surface area contributed by atoms with Crippen molar-refractivity contribution in [2.75, 3.05) is 39.3 Å². The van der Waals surface area contributed by atoms with E-state index in [1.54, 1.807) is 0 Å². The molecule has 6 nitrogen and oxygen atoms in total. The maximum Gasteiger partial charge on any atom is 0.253 e. The SMILES string of the molecule is CC(S)N(CCCCN(CCCCCCCN(CCCCN(Cc1ccccc1)C(C)S)C(=O)c1ccccc1)C(=O)c1ccccc1)Cc1ccccc1. The number of rotatable bonds is 26. The molecule has 0 bridgehead atoms. The third-order valence-corrected chi connectivity index (χ3v) is 10.9. The number of benzene rings is 4. The fourth-order valence-electron chi connectivity index (χ4n) is 6.96. The molecule has 0 aliphatic heterocycles. The second-order valence-electron chi connectivity index (χ2n) is 14.7. The van der Waals surface area contributed by atoms with Gasteiger partial charge in [-0.2, -0.15) is 25.3 Å². The third kappa shape index (κ3) is 16.6. The van der Waals surface area contributed by atoms with Crippen LogP contribution in [0.25, 0.3) is 0 Å². The molecule has 2 atom stereocenters. The average Bonchev–Trinajstić information content (AvgIpc) is 3.21. The minimum atomic E-state index is 0.117. The van der Waals surface area contributed by atoms with Crippen LogP contribution in [-0.4, -0.2) is 81.4 Å². The van der Waals surface area contributed by atoms with Gasteiger partial charge >= 0.3 is 0 Å². The normalized spacial score (nSPS) is 12.5. The van der Waals surface area contributed by atoms with Gasteiger partial charge < -0.3 is 9.80 Å². The lowest BCUT2D eigenvalue weighted by molar-refractivity contribution is 0.0743. The van der Waals surface area contributed by atoms with Crippen molar-refractivity contribution >= 4 is 37.1 Å². The largest absolute Gasteiger partial charge is 0.339 e. The molecule has 0 N–H and O–H groups in total. The van der Waals surface area contributed by atoms with Crippen LogP contribution in [0.4, 0.5) is 0 Å². The van der Waals surface area contributed by atoms with E-state index in [-0.39, 0.29) is 22.6 Å². The van der Waals surface area contributed by atoms with Crippen molar-refractivity contribution < 1.29 is 9.59 Å². The fourth-order valence-corrected chi connectivity index (χ4v) is 7.35. The monoisotopic (exact) mass is 780 g/mol. The summed E-state index contributed by atoms with van der Waals surface area (Å²) in [5, 5.41) is 0.322. The summed E-state index contributed by atoms with van der Waals surface area (Å²) >= 11 is 9.50. The van der Waals surface area contributed by atoms with Gasteiger partial charge in [-0.05, 0) is 101 Å². The van der Waals surface area contributed by atoms with Gasteiger partial charge in [0, 0.05) is 50.4 Å². The Morgan fingerprint density at radius 3 is 1.02 bits per heavy atom.